The van der Waals surface area contributed by atoms with E-state index in [0.717, 1.165) is 0 Å². The van der Waals surface area contributed by atoms with E-state index in [1.54, 1.807) is 24.3 Å². The van der Waals surface area contributed by atoms with Gasteiger partial charge in [0.25, 0.3) is 5.91 Å². The van der Waals surface area contributed by atoms with Crippen molar-refractivity contribution in [2.24, 2.45) is 0 Å². The van der Waals surface area contributed by atoms with E-state index in [0.29, 0.717) is 24.2 Å². The summed E-state index contributed by atoms with van der Waals surface area (Å²) in [6.07, 6.45) is 1.21. The third-order valence-corrected chi connectivity index (χ3v) is 5.02. The molecule has 1 aromatic rings. The predicted molar refractivity (Wildman–Crippen MR) is 76.5 cm³/mol. The lowest BCUT2D eigenvalue weighted by Gasteiger charge is -2.23. The first-order valence-corrected chi connectivity index (χ1v) is 8.44. The maximum Gasteiger partial charge on any atom is 0.258 e. The van der Waals surface area contributed by atoms with E-state index < -0.39 is 9.84 Å². The number of benzene rings is 1. The second kappa shape index (κ2) is 6.59. The van der Waals surface area contributed by atoms with Gasteiger partial charge in [0.15, 0.2) is 16.4 Å². The molecule has 2 rings (SSSR count). The van der Waals surface area contributed by atoms with Gasteiger partial charge in [-0.15, -0.1) is 0 Å². The minimum absolute atomic E-state index is 0.0203. The summed E-state index contributed by atoms with van der Waals surface area (Å²) >= 11 is 0. The monoisotopic (exact) mass is 308 g/mol. The van der Waals surface area contributed by atoms with E-state index in [1.165, 1.54) is 0 Å². The lowest BCUT2D eigenvalue weighted by atomic mass is 10.2. The zero-order chi connectivity index (χ0) is 15.3. The van der Waals surface area contributed by atoms with Gasteiger partial charge >= 0.3 is 0 Å². The maximum absolute atomic E-state index is 11.8. The molecule has 0 spiro atoms. The van der Waals surface area contributed by atoms with Gasteiger partial charge < -0.3 is 10.1 Å². The van der Waals surface area contributed by atoms with E-state index in [9.17, 15) is 13.2 Å². The summed E-state index contributed by atoms with van der Waals surface area (Å²) in [6, 6.07) is 8.24. The van der Waals surface area contributed by atoms with Gasteiger partial charge in [-0.3, -0.25) is 4.79 Å². The van der Waals surface area contributed by atoms with Crippen LogP contribution in [0.1, 0.15) is 18.4 Å². The van der Waals surface area contributed by atoms with Crippen LogP contribution in [0.15, 0.2) is 24.3 Å². The summed E-state index contributed by atoms with van der Waals surface area (Å²) in [5.41, 5.74) is 0.352. The fourth-order valence-electron chi connectivity index (χ4n) is 2.23. The molecule has 0 aliphatic carbocycles. The van der Waals surface area contributed by atoms with E-state index in [4.69, 9.17) is 10.00 Å². The number of carbonyl (C=O) groups excluding carboxylic acids is 1. The van der Waals surface area contributed by atoms with Crippen molar-refractivity contribution in [3.05, 3.63) is 29.8 Å². The average molecular weight is 308 g/mol. The number of nitriles is 1. The summed E-state index contributed by atoms with van der Waals surface area (Å²) in [6.45, 7) is -0.241. The Balaban J connectivity index is 1.87. The van der Waals surface area contributed by atoms with Crippen molar-refractivity contribution in [2.75, 3.05) is 18.1 Å². The highest BCUT2D eigenvalue weighted by Crippen LogP contribution is 2.16. The molecule has 1 fully saturated rings. The van der Waals surface area contributed by atoms with Gasteiger partial charge in [-0.05, 0) is 25.0 Å². The molecule has 1 saturated heterocycles. The van der Waals surface area contributed by atoms with Gasteiger partial charge in [-0.1, -0.05) is 12.1 Å². The first-order valence-electron chi connectivity index (χ1n) is 6.62. The van der Waals surface area contributed by atoms with Crippen LogP contribution >= 0.6 is 0 Å². The molecule has 1 aliphatic heterocycles. The Labute approximate surface area is 123 Å². The number of nitrogens with zero attached hydrogens (tertiary/aromatic N) is 1. The number of rotatable bonds is 4. The van der Waals surface area contributed by atoms with Crippen molar-refractivity contribution in [3.8, 4) is 11.8 Å². The van der Waals surface area contributed by atoms with E-state index in [-0.39, 0.29) is 30.1 Å². The number of amides is 1. The van der Waals surface area contributed by atoms with Crippen molar-refractivity contribution in [1.29, 1.82) is 5.26 Å². The third-order valence-electron chi connectivity index (χ3n) is 3.19. The molecule has 1 atom stereocenters. The fourth-order valence-corrected chi connectivity index (χ4v) is 3.87. The Morgan fingerprint density at radius 2 is 2.19 bits per heavy atom. The summed E-state index contributed by atoms with van der Waals surface area (Å²) in [4.78, 5) is 11.8. The zero-order valence-electron chi connectivity index (χ0n) is 11.4. The average Bonchev–Trinajstić information content (AvgIpc) is 2.44. The molecule has 1 aromatic carbocycles. The number of carbonyl (C=O) groups is 1. The predicted octanol–water partition coefficient (Wildman–Crippen LogP) is 0.630. The second-order valence-corrected chi connectivity index (χ2v) is 7.15. The van der Waals surface area contributed by atoms with Gasteiger partial charge in [-0.2, -0.15) is 5.26 Å². The Kier molecular flexibility index (Phi) is 4.81. The molecule has 21 heavy (non-hydrogen) atoms. The van der Waals surface area contributed by atoms with E-state index in [2.05, 4.69) is 5.32 Å². The number of hydrogen-bond acceptors (Lipinski definition) is 5. The summed E-state index contributed by atoms with van der Waals surface area (Å²) in [5.74, 6) is 0.120. The number of ether oxygens (including phenoxy) is 1. The van der Waals surface area contributed by atoms with E-state index >= 15 is 0 Å². The first-order chi connectivity index (χ1) is 10.00. The molecule has 1 N–H and O–H groups in total. The van der Waals surface area contributed by atoms with E-state index in [1.807, 2.05) is 6.07 Å². The van der Waals surface area contributed by atoms with Crippen LogP contribution < -0.4 is 10.1 Å². The quantitative estimate of drug-likeness (QED) is 0.880. The number of nitrogens with one attached hydrogen (secondary N) is 1. The van der Waals surface area contributed by atoms with Crippen molar-refractivity contribution in [1.82, 2.24) is 5.32 Å². The molecule has 6 nitrogen and oxygen atoms in total. The van der Waals surface area contributed by atoms with Crippen LogP contribution in [0.3, 0.4) is 0 Å². The SMILES string of the molecule is N#Cc1ccccc1OCC(=O)NC1CCCS(=O)(=O)C1. The summed E-state index contributed by atoms with van der Waals surface area (Å²) in [5, 5.41) is 11.6. The summed E-state index contributed by atoms with van der Waals surface area (Å²) < 4.78 is 28.3. The van der Waals surface area contributed by atoms with Crippen molar-refractivity contribution in [2.45, 2.75) is 18.9 Å². The van der Waals surface area contributed by atoms with Crippen molar-refractivity contribution in [3.63, 3.8) is 0 Å². The number of para-hydroxylation sites is 1. The third kappa shape index (κ3) is 4.46. The largest absolute Gasteiger partial charge is 0.482 e. The second-order valence-electron chi connectivity index (χ2n) is 4.92. The molecular formula is C14H16N2O4S. The lowest BCUT2D eigenvalue weighted by Crippen LogP contribution is -2.44. The summed E-state index contributed by atoms with van der Waals surface area (Å²) in [7, 11) is -3.05. The van der Waals surface area contributed by atoms with Gasteiger partial charge in [-0.25, -0.2) is 8.42 Å². The smallest absolute Gasteiger partial charge is 0.258 e. The number of sulfone groups is 1. The van der Waals surface area contributed by atoms with Crippen LogP contribution in [-0.2, 0) is 14.6 Å². The molecule has 0 bridgehead atoms. The maximum atomic E-state index is 11.8. The van der Waals surface area contributed by atoms with Gasteiger partial charge in [0.2, 0.25) is 0 Å². The van der Waals surface area contributed by atoms with Crippen LogP contribution in [0.25, 0.3) is 0 Å². The van der Waals surface area contributed by atoms with Crippen LogP contribution in [0, 0.1) is 11.3 Å². The normalized spacial score (nSPS) is 20.2. The van der Waals surface area contributed by atoms with Gasteiger partial charge in [0.1, 0.15) is 11.8 Å². The van der Waals surface area contributed by atoms with Gasteiger partial charge in [0.05, 0.1) is 17.1 Å². The molecule has 0 aromatic heterocycles. The minimum Gasteiger partial charge on any atom is -0.482 e. The molecule has 112 valence electrons. The molecule has 0 radical (unpaired) electrons. The van der Waals surface area contributed by atoms with Crippen LogP contribution in [0.4, 0.5) is 0 Å². The molecule has 7 heteroatoms. The molecule has 0 saturated carbocycles. The lowest BCUT2D eigenvalue weighted by molar-refractivity contribution is -0.123. The van der Waals surface area contributed by atoms with Crippen molar-refractivity contribution >= 4 is 15.7 Å². The Morgan fingerprint density at radius 1 is 1.43 bits per heavy atom. The number of hydrogen-bond donors (Lipinski definition) is 1. The topological polar surface area (TPSA) is 96.3 Å². The fraction of sp³-hybridized carbons (Fsp3) is 0.429. The first kappa shape index (κ1) is 15.3. The Hall–Kier alpha value is -2.07. The van der Waals surface area contributed by atoms with Crippen LogP contribution in [0.5, 0.6) is 5.75 Å². The Bertz CT molecular complexity index is 664. The molecule has 1 aliphatic rings. The molecule has 1 amide bonds. The zero-order valence-corrected chi connectivity index (χ0v) is 12.2. The van der Waals surface area contributed by atoms with Crippen molar-refractivity contribution < 1.29 is 17.9 Å². The van der Waals surface area contributed by atoms with Crippen LogP contribution in [-0.4, -0.2) is 38.5 Å². The molecule has 1 heterocycles. The highest BCUT2D eigenvalue weighted by Gasteiger charge is 2.25. The highest BCUT2D eigenvalue weighted by molar-refractivity contribution is 7.91. The molecular weight excluding hydrogens is 292 g/mol. The molecule has 1 unspecified atom stereocenters. The van der Waals surface area contributed by atoms with Gasteiger partial charge in [0, 0.05) is 6.04 Å². The minimum atomic E-state index is -3.05. The highest BCUT2D eigenvalue weighted by atomic mass is 32.2. The van der Waals surface area contributed by atoms with Crippen LogP contribution in [0.2, 0.25) is 0 Å². The standard InChI is InChI=1S/C14H16N2O4S/c15-8-11-4-1-2-6-13(11)20-9-14(17)16-12-5-3-7-21(18,19)10-12/h1-2,4,6,12H,3,5,7,9-10H2,(H,16,17). The Morgan fingerprint density at radius 3 is 2.90 bits per heavy atom.